The van der Waals surface area contributed by atoms with Crippen LogP contribution in [0.1, 0.15) is 43.2 Å². The number of rotatable bonds is 2. The second kappa shape index (κ2) is 4.84. The average molecular weight is 299 g/mol. The fraction of sp³-hybridized carbons (Fsp3) is 0.579. The summed E-state index contributed by atoms with van der Waals surface area (Å²) in [5.41, 5.74) is 1.69. The first-order chi connectivity index (χ1) is 10.6. The predicted octanol–water partition coefficient (Wildman–Crippen LogP) is 2.75. The van der Waals surface area contributed by atoms with Gasteiger partial charge in [-0.25, -0.2) is 0 Å². The maximum absolute atomic E-state index is 11.7. The molecule has 1 aliphatic heterocycles. The highest BCUT2D eigenvalue weighted by Crippen LogP contribution is 2.58. The van der Waals surface area contributed by atoms with Crippen LogP contribution in [0.2, 0.25) is 0 Å². The number of likely N-dealkylation sites (tertiary alicyclic amines) is 1. The number of piperidine rings is 1. The molecule has 3 atom stereocenters. The Morgan fingerprint density at radius 1 is 1.27 bits per heavy atom. The summed E-state index contributed by atoms with van der Waals surface area (Å²) in [6.07, 6.45) is 7.99. The number of aliphatic hydroxyl groups is 1. The van der Waals surface area contributed by atoms with Crippen LogP contribution >= 0.6 is 0 Å². The number of nitrogens with zero attached hydrogens (tertiary/aromatic N) is 1. The van der Waals surface area contributed by atoms with Crippen LogP contribution in [-0.2, 0) is 11.8 Å². The van der Waals surface area contributed by atoms with E-state index in [0.29, 0.717) is 5.75 Å². The molecule has 2 bridgehead atoms. The Hall–Kier alpha value is -1.32. The van der Waals surface area contributed by atoms with E-state index in [2.05, 4.69) is 17.5 Å². The van der Waals surface area contributed by atoms with Crippen molar-refractivity contribution in [2.45, 2.75) is 55.6 Å². The van der Waals surface area contributed by atoms with E-state index in [1.165, 1.54) is 17.5 Å². The van der Waals surface area contributed by atoms with Crippen molar-refractivity contribution in [1.29, 1.82) is 0 Å². The molecule has 0 amide bonds. The highest BCUT2D eigenvalue weighted by atomic mass is 16.3. The van der Waals surface area contributed by atoms with E-state index in [1.807, 2.05) is 12.1 Å². The van der Waals surface area contributed by atoms with Gasteiger partial charge in [-0.05, 0) is 55.5 Å². The number of hydrogen-bond acceptors (Lipinski definition) is 3. The lowest BCUT2D eigenvalue weighted by atomic mass is 9.49. The quantitative estimate of drug-likeness (QED) is 0.825. The molecule has 3 nitrogen and oxygen atoms in total. The molecule has 1 aromatic rings. The molecule has 0 aromatic heterocycles. The van der Waals surface area contributed by atoms with Gasteiger partial charge in [-0.3, -0.25) is 4.90 Å². The molecule has 0 radical (unpaired) electrons. The van der Waals surface area contributed by atoms with Crippen LogP contribution in [0, 0.1) is 0 Å². The van der Waals surface area contributed by atoms with Crippen LogP contribution < -0.4 is 0 Å². The summed E-state index contributed by atoms with van der Waals surface area (Å²) >= 11 is 0. The Balaban J connectivity index is 1.90. The lowest BCUT2D eigenvalue weighted by molar-refractivity contribution is -0.163. The molecule has 1 saturated carbocycles. The van der Waals surface area contributed by atoms with Gasteiger partial charge in [0.15, 0.2) is 0 Å². The summed E-state index contributed by atoms with van der Waals surface area (Å²) in [5.74, 6) is 0.327. The predicted molar refractivity (Wildman–Crippen MR) is 87.1 cm³/mol. The zero-order valence-corrected chi connectivity index (χ0v) is 13.1. The smallest absolute Gasteiger partial charge is 0.115 e. The van der Waals surface area contributed by atoms with E-state index in [0.717, 1.165) is 45.2 Å². The van der Waals surface area contributed by atoms with Gasteiger partial charge in [0.1, 0.15) is 5.75 Å². The fourth-order valence-corrected chi connectivity index (χ4v) is 5.48. The van der Waals surface area contributed by atoms with Crippen LogP contribution in [0.25, 0.3) is 0 Å². The van der Waals surface area contributed by atoms with E-state index >= 15 is 0 Å². The third kappa shape index (κ3) is 1.70. The van der Waals surface area contributed by atoms with Gasteiger partial charge in [0.25, 0.3) is 0 Å². The molecule has 1 aromatic carbocycles. The Labute approximate surface area is 132 Å². The maximum atomic E-state index is 11.7. The SMILES string of the molecule is C=CCN1CCC23CCCCC2(O)C1Cc1ccc(O)cc13. The second-order valence-electron chi connectivity index (χ2n) is 7.31. The topological polar surface area (TPSA) is 43.7 Å². The standard InChI is InChI=1S/C19H25NO2/c1-2-10-20-11-9-18-7-3-4-8-19(18,22)17(20)12-14-5-6-15(21)13-16(14)18/h2,5-6,13,17,21-22H,1,3-4,7-12H2. The summed E-state index contributed by atoms with van der Waals surface area (Å²) in [6, 6.07) is 5.95. The lowest BCUT2D eigenvalue weighted by Crippen LogP contribution is -2.72. The van der Waals surface area contributed by atoms with E-state index < -0.39 is 5.60 Å². The average Bonchev–Trinajstić information content (AvgIpc) is 2.50. The largest absolute Gasteiger partial charge is 0.508 e. The van der Waals surface area contributed by atoms with Crippen molar-refractivity contribution in [3.8, 4) is 5.75 Å². The van der Waals surface area contributed by atoms with Gasteiger partial charge >= 0.3 is 0 Å². The molecule has 4 rings (SSSR count). The molecule has 1 heterocycles. The van der Waals surface area contributed by atoms with Gasteiger partial charge in [-0.2, -0.15) is 0 Å². The molecule has 22 heavy (non-hydrogen) atoms. The molecule has 2 aliphatic carbocycles. The number of phenols is 1. The lowest BCUT2D eigenvalue weighted by Gasteiger charge is -2.63. The number of aromatic hydroxyl groups is 1. The monoisotopic (exact) mass is 299 g/mol. The molecular weight excluding hydrogens is 274 g/mol. The maximum Gasteiger partial charge on any atom is 0.115 e. The normalized spacial score (nSPS) is 37.2. The number of benzene rings is 1. The Bertz CT molecular complexity index is 613. The molecule has 1 saturated heterocycles. The highest BCUT2D eigenvalue weighted by molar-refractivity contribution is 5.48. The van der Waals surface area contributed by atoms with Gasteiger partial charge in [0.2, 0.25) is 0 Å². The third-order valence-corrected chi connectivity index (χ3v) is 6.44. The first-order valence-corrected chi connectivity index (χ1v) is 8.50. The molecule has 0 spiro atoms. The van der Waals surface area contributed by atoms with Crippen molar-refractivity contribution >= 4 is 0 Å². The second-order valence-corrected chi connectivity index (χ2v) is 7.31. The Morgan fingerprint density at radius 3 is 2.91 bits per heavy atom. The van der Waals surface area contributed by atoms with Gasteiger partial charge < -0.3 is 10.2 Å². The number of phenolic OH excluding ortho intramolecular Hbond substituents is 1. The summed E-state index contributed by atoms with van der Waals surface area (Å²) in [5, 5.41) is 21.7. The molecular formula is C19H25NO2. The summed E-state index contributed by atoms with van der Waals surface area (Å²) in [6.45, 7) is 5.74. The zero-order valence-electron chi connectivity index (χ0n) is 13.1. The van der Waals surface area contributed by atoms with Gasteiger partial charge in [0.05, 0.1) is 5.60 Å². The van der Waals surface area contributed by atoms with Gasteiger partial charge in [-0.15, -0.1) is 6.58 Å². The summed E-state index contributed by atoms with van der Waals surface area (Å²) < 4.78 is 0. The van der Waals surface area contributed by atoms with Crippen molar-refractivity contribution in [1.82, 2.24) is 4.90 Å². The molecule has 3 heteroatoms. The van der Waals surface area contributed by atoms with Crippen molar-refractivity contribution in [2.75, 3.05) is 13.1 Å². The van der Waals surface area contributed by atoms with E-state index in [1.54, 1.807) is 6.07 Å². The minimum atomic E-state index is -0.659. The number of hydrogen-bond donors (Lipinski definition) is 2. The Morgan fingerprint density at radius 2 is 2.09 bits per heavy atom. The first kappa shape index (κ1) is 14.3. The van der Waals surface area contributed by atoms with Crippen LogP contribution in [0.5, 0.6) is 5.75 Å². The van der Waals surface area contributed by atoms with Crippen molar-refractivity contribution in [3.05, 3.63) is 42.0 Å². The highest BCUT2D eigenvalue weighted by Gasteiger charge is 2.62. The van der Waals surface area contributed by atoms with Gasteiger partial charge in [-0.1, -0.05) is 25.0 Å². The molecule has 3 aliphatic rings. The first-order valence-electron chi connectivity index (χ1n) is 8.50. The van der Waals surface area contributed by atoms with E-state index in [4.69, 9.17) is 0 Å². The third-order valence-electron chi connectivity index (χ3n) is 6.44. The van der Waals surface area contributed by atoms with Crippen LogP contribution in [0.15, 0.2) is 30.9 Å². The Kier molecular flexibility index (Phi) is 3.14. The molecule has 2 N–H and O–H groups in total. The molecule has 2 fully saturated rings. The minimum Gasteiger partial charge on any atom is -0.508 e. The van der Waals surface area contributed by atoms with Crippen LogP contribution in [0.3, 0.4) is 0 Å². The molecule has 118 valence electrons. The van der Waals surface area contributed by atoms with Crippen LogP contribution in [0.4, 0.5) is 0 Å². The van der Waals surface area contributed by atoms with Crippen molar-refractivity contribution in [3.63, 3.8) is 0 Å². The molecule has 3 unspecified atom stereocenters. The van der Waals surface area contributed by atoms with E-state index in [9.17, 15) is 10.2 Å². The summed E-state index contributed by atoms with van der Waals surface area (Å²) in [4.78, 5) is 2.41. The van der Waals surface area contributed by atoms with Crippen LogP contribution in [-0.4, -0.2) is 39.8 Å². The van der Waals surface area contributed by atoms with E-state index in [-0.39, 0.29) is 11.5 Å². The van der Waals surface area contributed by atoms with Gasteiger partial charge in [0, 0.05) is 18.0 Å². The zero-order chi connectivity index (χ0) is 15.4. The van der Waals surface area contributed by atoms with Crippen molar-refractivity contribution < 1.29 is 10.2 Å². The fourth-order valence-electron chi connectivity index (χ4n) is 5.48. The van der Waals surface area contributed by atoms with Crippen molar-refractivity contribution in [2.24, 2.45) is 0 Å². The summed E-state index contributed by atoms with van der Waals surface area (Å²) in [7, 11) is 0. The minimum absolute atomic E-state index is 0.167. The number of fused-ring (bicyclic) bond motifs is 1.